The van der Waals surface area contributed by atoms with Crippen LogP contribution in [0.1, 0.15) is 43.9 Å². The van der Waals surface area contributed by atoms with Crippen LogP contribution in [-0.2, 0) is 6.54 Å². The van der Waals surface area contributed by atoms with Crippen LogP contribution in [0.4, 0.5) is 0 Å². The molecule has 152 valence electrons. The Balaban J connectivity index is 1.79. The number of benzene rings is 1. The second-order valence-corrected chi connectivity index (χ2v) is 8.56. The van der Waals surface area contributed by atoms with Crippen molar-refractivity contribution in [2.75, 3.05) is 0 Å². The highest BCUT2D eigenvalue weighted by Gasteiger charge is 2.22. The number of ketones is 2. The van der Waals surface area contributed by atoms with E-state index in [0.29, 0.717) is 32.7 Å². The highest BCUT2D eigenvalue weighted by molar-refractivity contribution is 7.19. The average Bonchev–Trinajstić information content (AvgIpc) is 3.20. The van der Waals surface area contributed by atoms with Gasteiger partial charge >= 0.3 is 0 Å². The molecule has 0 atom stereocenters. The molecule has 0 saturated heterocycles. The van der Waals surface area contributed by atoms with E-state index in [4.69, 9.17) is 0 Å². The van der Waals surface area contributed by atoms with Crippen LogP contribution < -0.4 is 5.56 Å². The Morgan fingerprint density at radius 2 is 1.83 bits per heavy atom. The third kappa shape index (κ3) is 3.21. The second kappa shape index (κ2) is 7.50. The van der Waals surface area contributed by atoms with Gasteiger partial charge in [-0.1, -0.05) is 30.3 Å². The fraction of sp³-hybridized carbons (Fsp3) is 0.217. The van der Waals surface area contributed by atoms with Crippen molar-refractivity contribution in [2.45, 2.75) is 34.2 Å². The lowest BCUT2D eigenvalue weighted by molar-refractivity contribution is 0.0965. The highest BCUT2D eigenvalue weighted by atomic mass is 32.1. The molecular weight excluding hydrogens is 398 g/mol. The van der Waals surface area contributed by atoms with Gasteiger partial charge in [0.05, 0.1) is 24.0 Å². The summed E-state index contributed by atoms with van der Waals surface area (Å²) < 4.78 is 1.34. The van der Waals surface area contributed by atoms with Gasteiger partial charge < -0.3 is 4.98 Å². The Hall–Kier alpha value is -3.32. The molecule has 0 unspecified atom stereocenters. The van der Waals surface area contributed by atoms with Crippen molar-refractivity contribution in [1.82, 2.24) is 14.5 Å². The minimum absolute atomic E-state index is 0.0956. The van der Waals surface area contributed by atoms with Crippen LogP contribution in [0.3, 0.4) is 0 Å². The molecule has 0 aliphatic rings. The van der Waals surface area contributed by atoms with Crippen molar-refractivity contribution in [3.63, 3.8) is 0 Å². The molecule has 6 nitrogen and oxygen atoms in total. The monoisotopic (exact) mass is 419 g/mol. The second-order valence-electron chi connectivity index (χ2n) is 7.36. The van der Waals surface area contributed by atoms with Crippen LogP contribution in [0, 0.1) is 20.8 Å². The zero-order valence-corrected chi connectivity index (χ0v) is 18.0. The lowest BCUT2D eigenvalue weighted by Gasteiger charge is -2.06. The largest absolute Gasteiger partial charge is 0.355 e. The van der Waals surface area contributed by atoms with Gasteiger partial charge in [0.2, 0.25) is 0 Å². The summed E-state index contributed by atoms with van der Waals surface area (Å²) in [6, 6.07) is 9.72. The summed E-state index contributed by atoms with van der Waals surface area (Å²) >= 11 is 1.47. The molecule has 4 aromatic rings. The van der Waals surface area contributed by atoms with E-state index in [2.05, 4.69) is 9.97 Å². The van der Waals surface area contributed by atoms with Crippen LogP contribution in [0.5, 0.6) is 0 Å². The zero-order valence-electron chi connectivity index (χ0n) is 17.2. The summed E-state index contributed by atoms with van der Waals surface area (Å²) in [4.78, 5) is 47.2. The minimum atomic E-state index is -0.264. The number of Topliss-reactive ketones (excluding diaryl/α,β-unsaturated/α-hetero) is 2. The number of nitrogens with zero attached hydrogens (tertiary/aromatic N) is 2. The van der Waals surface area contributed by atoms with E-state index in [1.165, 1.54) is 29.2 Å². The quantitative estimate of drug-likeness (QED) is 0.484. The molecule has 7 heteroatoms. The smallest absolute Gasteiger partial charge is 0.263 e. The van der Waals surface area contributed by atoms with E-state index in [1.54, 1.807) is 13.8 Å². The van der Waals surface area contributed by atoms with E-state index >= 15 is 0 Å². The first-order valence-corrected chi connectivity index (χ1v) is 10.4. The number of H-pyrrole nitrogens is 1. The summed E-state index contributed by atoms with van der Waals surface area (Å²) in [6.07, 6.45) is 1.42. The summed E-state index contributed by atoms with van der Waals surface area (Å²) in [6.45, 7) is 6.80. The van der Waals surface area contributed by atoms with Crippen LogP contribution in [0.15, 0.2) is 41.5 Å². The summed E-state index contributed by atoms with van der Waals surface area (Å²) in [5.74, 6) is -0.360. The fourth-order valence-corrected chi connectivity index (χ4v) is 5.00. The van der Waals surface area contributed by atoms with Gasteiger partial charge in [-0.15, -0.1) is 11.3 Å². The number of aryl methyl sites for hydroxylation is 2. The Bertz CT molecular complexity index is 1360. The van der Waals surface area contributed by atoms with Gasteiger partial charge in [0.1, 0.15) is 4.83 Å². The van der Waals surface area contributed by atoms with E-state index in [9.17, 15) is 14.4 Å². The SMILES string of the molecule is CC(=O)c1c(C)[nH]c(C(=O)Cn2cnc3sc(C)c(-c4ccccc4)c3c2=O)c1C. The number of carbonyl (C=O) groups excluding carboxylic acids is 2. The van der Waals surface area contributed by atoms with Crippen molar-refractivity contribution < 1.29 is 9.59 Å². The molecule has 3 heterocycles. The van der Waals surface area contributed by atoms with Gasteiger partial charge in [0.25, 0.3) is 5.56 Å². The number of hydrogen-bond donors (Lipinski definition) is 1. The zero-order chi connectivity index (χ0) is 21.6. The highest BCUT2D eigenvalue weighted by Crippen LogP contribution is 2.35. The Morgan fingerprint density at radius 3 is 2.47 bits per heavy atom. The number of aromatic amines is 1. The summed E-state index contributed by atoms with van der Waals surface area (Å²) in [5, 5.41) is 0.530. The first kappa shape index (κ1) is 20.0. The molecular formula is C23H21N3O3S. The molecule has 1 aromatic carbocycles. The molecule has 3 aromatic heterocycles. The van der Waals surface area contributed by atoms with Gasteiger partial charge in [-0.25, -0.2) is 4.98 Å². The minimum Gasteiger partial charge on any atom is -0.355 e. The number of thiophene rings is 1. The van der Waals surface area contributed by atoms with Gasteiger partial charge in [0.15, 0.2) is 11.6 Å². The maximum Gasteiger partial charge on any atom is 0.263 e. The number of fused-ring (bicyclic) bond motifs is 1. The van der Waals surface area contributed by atoms with Crippen molar-refractivity contribution in [2.24, 2.45) is 0 Å². The molecule has 0 spiro atoms. The number of hydrogen-bond acceptors (Lipinski definition) is 5. The standard InChI is InChI=1S/C23H21N3O3S/c1-12-18(14(3)27)13(2)25-21(12)17(28)10-26-11-24-22-20(23(26)29)19(15(4)30-22)16-8-6-5-7-9-16/h5-9,11,25H,10H2,1-4H3. The predicted molar refractivity (Wildman–Crippen MR) is 119 cm³/mol. The van der Waals surface area contributed by atoms with E-state index in [1.807, 2.05) is 37.3 Å². The third-order valence-corrected chi connectivity index (χ3v) is 6.31. The van der Waals surface area contributed by atoms with Crippen molar-refractivity contribution in [3.8, 4) is 11.1 Å². The molecule has 0 radical (unpaired) electrons. The fourth-order valence-electron chi connectivity index (χ4n) is 3.99. The topological polar surface area (TPSA) is 84.8 Å². The molecule has 0 amide bonds. The lowest BCUT2D eigenvalue weighted by Crippen LogP contribution is -2.25. The van der Waals surface area contributed by atoms with Crippen LogP contribution >= 0.6 is 11.3 Å². The average molecular weight is 420 g/mol. The van der Waals surface area contributed by atoms with E-state index in [-0.39, 0.29) is 23.7 Å². The molecule has 0 aliphatic heterocycles. The van der Waals surface area contributed by atoms with Crippen molar-refractivity contribution in [3.05, 3.63) is 74.4 Å². The Kier molecular flexibility index (Phi) is 4.99. The molecule has 30 heavy (non-hydrogen) atoms. The first-order valence-electron chi connectivity index (χ1n) is 9.56. The Labute approximate surface area is 177 Å². The van der Waals surface area contributed by atoms with Gasteiger partial charge in [-0.3, -0.25) is 19.0 Å². The number of carbonyl (C=O) groups is 2. The Morgan fingerprint density at radius 1 is 1.13 bits per heavy atom. The molecule has 0 aliphatic carbocycles. The lowest BCUT2D eigenvalue weighted by atomic mass is 10.0. The maximum atomic E-state index is 13.3. The van der Waals surface area contributed by atoms with Gasteiger partial charge in [-0.05, 0) is 38.8 Å². The first-order chi connectivity index (χ1) is 14.3. The molecule has 1 N–H and O–H groups in total. The maximum absolute atomic E-state index is 13.3. The number of aromatic nitrogens is 3. The van der Waals surface area contributed by atoms with E-state index < -0.39 is 0 Å². The van der Waals surface area contributed by atoms with Crippen LogP contribution in [0.2, 0.25) is 0 Å². The molecule has 4 rings (SSSR count). The van der Waals surface area contributed by atoms with Crippen molar-refractivity contribution in [1.29, 1.82) is 0 Å². The molecule has 0 saturated carbocycles. The predicted octanol–water partition coefficient (Wildman–Crippen LogP) is 4.46. The number of rotatable bonds is 5. The summed E-state index contributed by atoms with van der Waals surface area (Å²) in [5.41, 5.74) is 3.72. The van der Waals surface area contributed by atoms with Crippen molar-refractivity contribution >= 4 is 33.1 Å². The van der Waals surface area contributed by atoms with Crippen LogP contribution in [-0.4, -0.2) is 26.1 Å². The number of nitrogens with one attached hydrogen (secondary N) is 1. The van der Waals surface area contributed by atoms with Gasteiger partial charge in [0, 0.05) is 21.7 Å². The summed E-state index contributed by atoms with van der Waals surface area (Å²) in [7, 11) is 0. The molecule has 0 bridgehead atoms. The van der Waals surface area contributed by atoms with Crippen LogP contribution in [0.25, 0.3) is 21.3 Å². The van der Waals surface area contributed by atoms with E-state index in [0.717, 1.165) is 16.0 Å². The third-order valence-electron chi connectivity index (χ3n) is 5.30. The normalized spacial score (nSPS) is 11.2. The van der Waals surface area contributed by atoms with Gasteiger partial charge in [-0.2, -0.15) is 0 Å². The molecule has 0 fully saturated rings.